The first-order valence-electron chi connectivity index (χ1n) is 5.37. The molecule has 2 bridgehead atoms. The van der Waals surface area contributed by atoms with Gasteiger partial charge in [0.2, 0.25) is 10.0 Å². The number of nitrogens with one attached hydrogen (secondary N) is 1. The number of hydrogen-bond acceptors (Lipinski definition) is 2. The molecule has 0 aromatic carbocycles. The van der Waals surface area contributed by atoms with Crippen molar-refractivity contribution in [3.8, 4) is 0 Å². The fraction of sp³-hybridized carbons (Fsp3) is 1.00. The zero-order valence-electron chi connectivity index (χ0n) is 8.71. The van der Waals surface area contributed by atoms with E-state index in [1.54, 1.807) is 0 Å². The molecule has 1 aliphatic heterocycles. The van der Waals surface area contributed by atoms with Gasteiger partial charge in [0.05, 0.1) is 5.75 Å². The Morgan fingerprint density at radius 1 is 1.36 bits per heavy atom. The van der Waals surface area contributed by atoms with Crippen LogP contribution in [0, 0.1) is 16.7 Å². The zero-order chi connectivity index (χ0) is 10.2. The second kappa shape index (κ2) is 2.19. The highest BCUT2D eigenvalue weighted by molar-refractivity contribution is 7.89. The van der Waals surface area contributed by atoms with Crippen molar-refractivity contribution < 1.29 is 8.42 Å². The Kier molecular flexibility index (Phi) is 1.43. The molecular formula is C10H17NO2S. The Balaban J connectivity index is 2.13. The summed E-state index contributed by atoms with van der Waals surface area (Å²) in [5, 5.41) is 0. The minimum atomic E-state index is -2.97. The van der Waals surface area contributed by atoms with Crippen LogP contribution in [0.5, 0.6) is 0 Å². The first kappa shape index (κ1) is 9.16. The van der Waals surface area contributed by atoms with E-state index in [0.717, 1.165) is 18.8 Å². The predicted octanol–water partition coefficient (Wildman–Crippen LogP) is 1.11. The Bertz CT molecular complexity index is 387. The molecule has 1 saturated heterocycles. The van der Waals surface area contributed by atoms with E-state index in [1.165, 1.54) is 6.42 Å². The van der Waals surface area contributed by atoms with E-state index in [9.17, 15) is 8.42 Å². The van der Waals surface area contributed by atoms with Crippen LogP contribution in [0.2, 0.25) is 0 Å². The van der Waals surface area contributed by atoms with Gasteiger partial charge >= 0.3 is 0 Å². The van der Waals surface area contributed by atoms with Crippen molar-refractivity contribution in [2.45, 2.75) is 39.2 Å². The first-order valence-corrected chi connectivity index (χ1v) is 7.03. The van der Waals surface area contributed by atoms with Crippen molar-refractivity contribution in [3.63, 3.8) is 0 Å². The van der Waals surface area contributed by atoms with Crippen LogP contribution in [-0.4, -0.2) is 20.2 Å². The average molecular weight is 215 g/mol. The molecule has 3 atom stereocenters. The van der Waals surface area contributed by atoms with Crippen molar-refractivity contribution in [1.29, 1.82) is 0 Å². The summed E-state index contributed by atoms with van der Waals surface area (Å²) in [4.78, 5) is 0. The first-order chi connectivity index (χ1) is 6.37. The van der Waals surface area contributed by atoms with Gasteiger partial charge in [-0.1, -0.05) is 13.8 Å². The van der Waals surface area contributed by atoms with Crippen molar-refractivity contribution in [3.05, 3.63) is 0 Å². The summed E-state index contributed by atoms with van der Waals surface area (Å²) >= 11 is 0. The van der Waals surface area contributed by atoms with Crippen molar-refractivity contribution >= 4 is 10.0 Å². The lowest BCUT2D eigenvalue weighted by molar-refractivity contribution is 0.146. The molecule has 0 amide bonds. The highest BCUT2D eigenvalue weighted by atomic mass is 32.2. The van der Waals surface area contributed by atoms with Gasteiger partial charge in [-0.15, -0.1) is 0 Å². The fourth-order valence-corrected chi connectivity index (χ4v) is 6.42. The lowest BCUT2D eigenvalue weighted by Gasteiger charge is -2.36. The molecule has 2 aliphatic carbocycles. The van der Waals surface area contributed by atoms with Crippen LogP contribution >= 0.6 is 0 Å². The standard InChI is InChI=1S/C10H17NO2S/c1-9(2)7-3-4-10(9)6-14(12,13)11-8(10)5-7/h7-8,11H,3-6H2,1-2H3/t7?,8-,10+/m0/s1. The van der Waals surface area contributed by atoms with Gasteiger partial charge in [0, 0.05) is 11.5 Å². The maximum atomic E-state index is 11.6. The minimum absolute atomic E-state index is 0.0521. The van der Waals surface area contributed by atoms with Gasteiger partial charge in [0.25, 0.3) is 0 Å². The second-order valence-corrected chi connectivity index (χ2v) is 7.53. The molecule has 0 aromatic heterocycles. The minimum Gasteiger partial charge on any atom is -0.212 e. The largest absolute Gasteiger partial charge is 0.212 e. The van der Waals surface area contributed by atoms with Crippen LogP contribution in [0.15, 0.2) is 0 Å². The molecule has 0 radical (unpaired) electrons. The second-order valence-electron chi connectivity index (χ2n) is 5.78. The van der Waals surface area contributed by atoms with Crippen LogP contribution in [0.1, 0.15) is 33.1 Å². The lowest BCUT2D eigenvalue weighted by atomic mass is 9.69. The monoisotopic (exact) mass is 215 g/mol. The summed E-state index contributed by atoms with van der Waals surface area (Å²) in [6.07, 6.45) is 3.38. The molecule has 2 saturated carbocycles. The number of sulfonamides is 1. The SMILES string of the molecule is CC1(C)C2CC[C@]13CS(=O)(=O)N[C@H]3C2. The average Bonchev–Trinajstić information content (AvgIpc) is 2.50. The normalized spacial score (nSPS) is 52.1. The molecule has 1 spiro atoms. The molecule has 1 N–H and O–H groups in total. The molecular weight excluding hydrogens is 198 g/mol. The van der Waals surface area contributed by atoms with Gasteiger partial charge in [-0.25, -0.2) is 13.1 Å². The van der Waals surface area contributed by atoms with Crippen LogP contribution in [0.3, 0.4) is 0 Å². The summed E-state index contributed by atoms with van der Waals surface area (Å²) in [5.74, 6) is 1.10. The predicted molar refractivity (Wildman–Crippen MR) is 54.3 cm³/mol. The summed E-state index contributed by atoms with van der Waals surface area (Å²) in [6.45, 7) is 4.51. The molecule has 3 rings (SSSR count). The maximum Gasteiger partial charge on any atom is 0.212 e. The Labute approximate surface area is 85.3 Å². The molecule has 3 fully saturated rings. The number of hydrogen-bond donors (Lipinski definition) is 1. The van der Waals surface area contributed by atoms with Gasteiger partial charge in [-0.2, -0.15) is 0 Å². The van der Waals surface area contributed by atoms with Gasteiger partial charge < -0.3 is 0 Å². The number of fused-ring (bicyclic) bond motifs is 1. The maximum absolute atomic E-state index is 11.6. The van der Waals surface area contributed by atoms with Crippen LogP contribution in [0.4, 0.5) is 0 Å². The molecule has 1 heterocycles. The van der Waals surface area contributed by atoms with E-state index in [0.29, 0.717) is 5.75 Å². The van der Waals surface area contributed by atoms with Gasteiger partial charge in [-0.3, -0.25) is 0 Å². The summed E-state index contributed by atoms with van der Waals surface area (Å²) in [5.41, 5.74) is 0.269. The molecule has 3 aliphatic rings. The van der Waals surface area contributed by atoms with E-state index in [4.69, 9.17) is 0 Å². The molecule has 0 aromatic rings. The van der Waals surface area contributed by atoms with Crippen LogP contribution < -0.4 is 4.72 Å². The lowest BCUT2D eigenvalue weighted by Crippen LogP contribution is -2.39. The highest BCUT2D eigenvalue weighted by Crippen LogP contribution is 2.67. The van der Waals surface area contributed by atoms with Gasteiger partial charge in [0.1, 0.15) is 0 Å². The topological polar surface area (TPSA) is 46.2 Å². The summed E-state index contributed by atoms with van der Waals surface area (Å²) < 4.78 is 26.0. The van der Waals surface area contributed by atoms with Crippen molar-refractivity contribution in [1.82, 2.24) is 4.72 Å². The fourth-order valence-electron chi connectivity index (χ4n) is 4.18. The zero-order valence-corrected chi connectivity index (χ0v) is 9.52. The van der Waals surface area contributed by atoms with E-state index in [1.807, 2.05) is 0 Å². The molecule has 14 heavy (non-hydrogen) atoms. The third-order valence-corrected chi connectivity index (χ3v) is 6.74. The van der Waals surface area contributed by atoms with Gasteiger partial charge in [-0.05, 0) is 30.6 Å². The Hall–Kier alpha value is -0.0900. The summed E-state index contributed by atoms with van der Waals surface area (Å²) in [6, 6.07) is 0.237. The molecule has 1 unspecified atom stereocenters. The Morgan fingerprint density at radius 2 is 2.07 bits per heavy atom. The number of rotatable bonds is 0. The third kappa shape index (κ3) is 0.807. The van der Waals surface area contributed by atoms with Gasteiger partial charge in [0.15, 0.2) is 0 Å². The smallest absolute Gasteiger partial charge is 0.212 e. The van der Waals surface area contributed by atoms with Crippen LogP contribution in [-0.2, 0) is 10.0 Å². The highest BCUT2D eigenvalue weighted by Gasteiger charge is 2.68. The van der Waals surface area contributed by atoms with E-state index < -0.39 is 10.0 Å². The van der Waals surface area contributed by atoms with Crippen molar-refractivity contribution in [2.75, 3.05) is 5.75 Å². The van der Waals surface area contributed by atoms with E-state index in [-0.39, 0.29) is 16.9 Å². The molecule has 3 nitrogen and oxygen atoms in total. The third-order valence-electron chi connectivity index (χ3n) is 5.20. The van der Waals surface area contributed by atoms with E-state index >= 15 is 0 Å². The Morgan fingerprint density at radius 3 is 2.64 bits per heavy atom. The molecule has 80 valence electrons. The van der Waals surface area contributed by atoms with Crippen LogP contribution in [0.25, 0.3) is 0 Å². The summed E-state index contributed by atoms with van der Waals surface area (Å²) in [7, 11) is -2.97. The molecule has 4 heteroatoms. The quantitative estimate of drug-likeness (QED) is 0.658. The van der Waals surface area contributed by atoms with Crippen molar-refractivity contribution in [2.24, 2.45) is 16.7 Å². The van der Waals surface area contributed by atoms with E-state index in [2.05, 4.69) is 18.6 Å².